The van der Waals surface area contributed by atoms with E-state index in [0.717, 1.165) is 74.6 Å². The summed E-state index contributed by atoms with van der Waals surface area (Å²) in [5.74, 6) is -1.64. The van der Waals surface area contributed by atoms with E-state index in [4.69, 9.17) is 111 Å². The van der Waals surface area contributed by atoms with Crippen LogP contribution < -0.4 is 52.1 Å². The van der Waals surface area contributed by atoms with E-state index >= 15 is 0 Å². The van der Waals surface area contributed by atoms with Gasteiger partial charge in [-0.05, 0) is 119 Å². The number of carbonyl (C=O) groups is 8. The van der Waals surface area contributed by atoms with Gasteiger partial charge >= 0.3 is 0 Å². The number of nitro benzene ring substituents is 3. The fourth-order valence-corrected chi connectivity index (χ4v) is 12.7. The first-order chi connectivity index (χ1) is 65.4. The van der Waals surface area contributed by atoms with E-state index in [1.807, 2.05) is 12.1 Å². The van der Waals surface area contributed by atoms with Crippen molar-refractivity contribution in [1.82, 2.24) is 29.7 Å². The number of hydrogen-bond donors (Lipinski definition) is 7. The van der Waals surface area contributed by atoms with Crippen molar-refractivity contribution in [2.75, 3.05) is 127 Å². The van der Waals surface area contributed by atoms with Crippen LogP contribution in [0, 0.1) is 36.2 Å². The van der Waals surface area contributed by atoms with Gasteiger partial charge in [-0.1, -0.05) is 104 Å². The number of likely N-dealkylation sites (N-methyl/N-ethyl adjacent to an activating group) is 2. The maximum absolute atomic E-state index is 12.7. The van der Waals surface area contributed by atoms with Crippen molar-refractivity contribution in [2.24, 2.45) is 0 Å². The lowest BCUT2D eigenvalue weighted by atomic mass is 9.99. The van der Waals surface area contributed by atoms with Gasteiger partial charge in [-0.3, -0.25) is 68.7 Å². The third-order valence-electron chi connectivity index (χ3n) is 19.2. The number of halogens is 5. The molecular formula is C93H100Cl4FN15O24. The molecule has 0 radical (unpaired) electrons. The van der Waals surface area contributed by atoms with Crippen LogP contribution in [0.3, 0.4) is 0 Å². The molecule has 7 heterocycles. The Balaban J connectivity index is 0.000000227. The lowest BCUT2D eigenvalue weighted by Gasteiger charge is -2.17. The van der Waals surface area contributed by atoms with Crippen LogP contribution in [0.25, 0.3) is 0 Å². The summed E-state index contributed by atoms with van der Waals surface area (Å²) in [5.41, 5.74) is 21.8. The number of rotatable bonds is 28. The van der Waals surface area contributed by atoms with Gasteiger partial charge in [0.1, 0.15) is 59.1 Å². The molecule has 44 heteroatoms. The molecule has 726 valence electrons. The van der Waals surface area contributed by atoms with Crippen LogP contribution in [-0.2, 0) is 71.7 Å². The van der Waals surface area contributed by atoms with Gasteiger partial charge in [0.25, 0.3) is 40.4 Å². The molecule has 5 saturated heterocycles. The topological polar surface area (TPSA) is 541 Å². The van der Waals surface area contributed by atoms with Crippen molar-refractivity contribution in [1.29, 1.82) is 0 Å². The summed E-state index contributed by atoms with van der Waals surface area (Å²) < 4.78 is 61.3. The number of aliphatic hydroxyl groups excluding tert-OH is 1. The summed E-state index contributed by atoms with van der Waals surface area (Å²) in [6, 6.07) is 35.6. The fraction of sp³-hybridized carbons (Fsp3) is 0.290. The van der Waals surface area contributed by atoms with E-state index in [0.29, 0.717) is 155 Å². The van der Waals surface area contributed by atoms with Gasteiger partial charge in [0.05, 0.1) is 136 Å². The number of hydrogen-bond acceptors (Lipinski definition) is 31. The van der Waals surface area contributed by atoms with E-state index in [-0.39, 0.29) is 94.6 Å². The molecule has 0 spiro atoms. The number of non-ortho nitro benzene ring substituents is 3. The van der Waals surface area contributed by atoms with Gasteiger partial charge in [0.2, 0.25) is 28.2 Å². The molecule has 0 aliphatic carbocycles. The highest BCUT2D eigenvalue weighted by molar-refractivity contribution is 6.66. The molecule has 5 unspecified atom stereocenters. The summed E-state index contributed by atoms with van der Waals surface area (Å²) in [5, 5.41) is 48.2. The van der Waals surface area contributed by atoms with Crippen LogP contribution in [0.15, 0.2) is 203 Å². The first-order valence-electron chi connectivity index (χ1n) is 41.6. The molecule has 2 aromatic heterocycles. The minimum Gasteiger partial charge on any atom is -0.486 e. The van der Waals surface area contributed by atoms with Gasteiger partial charge in [0, 0.05) is 139 Å². The van der Waals surface area contributed by atoms with Crippen molar-refractivity contribution >= 4 is 144 Å². The number of amides is 5. The van der Waals surface area contributed by atoms with Crippen molar-refractivity contribution in [2.45, 2.75) is 81.9 Å². The summed E-state index contributed by atoms with van der Waals surface area (Å²) in [6.45, 7) is 19.3. The number of carbonyl (C=O) groups excluding carboxylic acids is 8. The largest absolute Gasteiger partial charge is 0.486 e. The van der Waals surface area contributed by atoms with Crippen LogP contribution in [0.4, 0.5) is 55.6 Å². The Bertz CT molecular complexity index is 5780. The lowest BCUT2D eigenvalue weighted by Crippen LogP contribution is -2.30. The van der Waals surface area contributed by atoms with Crippen molar-refractivity contribution in [3.8, 4) is 23.0 Å². The normalized spacial score (nSPS) is 15.6. The quantitative estimate of drug-likeness (QED) is 0.00350. The molecule has 39 nitrogen and oxygen atoms in total. The van der Waals surface area contributed by atoms with Crippen LogP contribution in [0.5, 0.6) is 23.0 Å². The zero-order valence-corrected chi connectivity index (χ0v) is 77.7. The standard InChI is InChI=1S/C29H29ClN4O5.C15H13Cl2N3O2.C13H14N2O5.C13H16N2O3.C10H12N2O4.C6H5FN2O2.C4H8O2.C3H3ClO/c1-4-27(35)33-24-13-18(9-10-25(24)39-20-11-12-38-17-20)14-26-31-16-22(30)23(32-26)15-19-7-5-6-8-21(19)28(36)29(37)34(2)3;1-20(2)14(22)13(21)10-6-4-3-5-9(10)7-12-11(16)8-18-15(17)19-12;1-2-13(16)14-11-7-9(15(17)18)3-4-12(11)20-10-5-6-19-8-10;1-2-13(16)15-11-7-9(14)3-4-12(11)18-10-5-6-17-8-10;11-9-5-7(12(13)14)1-2-10(9)16-8-3-4-15-6-8;7-5-2-1-4(9(10)11)3-6(5)8;5-4-1-2-6-3-4;1-2-3(4)5/h4-10,13,16,20H,1,11-12,14-15,17H2,2-3H3,(H,33,35);3-6,8H,7H2,1-2H3;2-4,7,10H,1,5-6,8H2,(H,14,16);2-4,7,10H,1,5-6,8,14H2,(H,15,16);1-2,5,8H,3-4,6,11H2;1-3H,8H2;4-5H,1-3H2;2H,1H2. The molecule has 137 heavy (non-hydrogen) atoms. The maximum Gasteiger partial charge on any atom is 0.294 e. The Morgan fingerprint density at radius 1 is 0.482 bits per heavy atom. The van der Waals surface area contributed by atoms with E-state index in [1.54, 1.807) is 72.8 Å². The Morgan fingerprint density at radius 2 is 0.854 bits per heavy atom. The summed E-state index contributed by atoms with van der Waals surface area (Å²) in [6.07, 6.45) is 12.0. The van der Waals surface area contributed by atoms with E-state index in [1.165, 1.54) is 98.9 Å². The zero-order chi connectivity index (χ0) is 100. The van der Waals surface area contributed by atoms with Crippen molar-refractivity contribution in [3.63, 3.8) is 0 Å². The SMILES string of the molecule is C=CC(=O)Cl.C=CC(=O)Nc1cc(Cc2ncc(Cl)c(Cc3ccccc3C(=O)C(=O)N(C)C)n2)ccc1OC1CCOC1.C=CC(=O)Nc1cc(N)ccc1OC1CCOC1.C=CC(=O)Nc1cc([N+](=O)[O-])ccc1OC1CCOC1.CN(C)C(=O)C(=O)c1ccccc1Cc1nc(Cl)ncc1Cl.Nc1cc([N+](=O)[O-])ccc1F.Nc1cc([N+](=O)[O-])ccc1OC1CCOC1.OC1CCOC1. The summed E-state index contributed by atoms with van der Waals surface area (Å²) in [4.78, 5) is 142. The number of nitrogens with one attached hydrogen (secondary N) is 3. The number of nitrogen functional groups attached to an aromatic ring is 3. The number of aromatic nitrogens is 4. The van der Waals surface area contributed by atoms with Crippen molar-refractivity contribution in [3.05, 3.63) is 299 Å². The predicted molar refractivity (Wildman–Crippen MR) is 510 cm³/mol. The highest BCUT2D eigenvalue weighted by atomic mass is 35.5. The molecule has 5 amide bonds. The summed E-state index contributed by atoms with van der Waals surface area (Å²) >= 11 is 22.9. The van der Waals surface area contributed by atoms with Gasteiger partial charge in [-0.25, -0.2) is 24.3 Å². The van der Waals surface area contributed by atoms with Crippen LogP contribution in [0.2, 0.25) is 15.3 Å². The van der Waals surface area contributed by atoms with Gasteiger partial charge < -0.3 is 90.7 Å². The smallest absolute Gasteiger partial charge is 0.294 e. The number of aliphatic hydroxyl groups is 1. The number of Topliss-reactive ketones (excluding diaryl/α,β-unsaturated/α-hetero) is 2. The van der Waals surface area contributed by atoms with Gasteiger partial charge in [-0.2, -0.15) is 0 Å². The molecule has 5 aliphatic rings. The Hall–Kier alpha value is -14.3. The Labute approximate surface area is 805 Å². The molecule has 14 rings (SSSR count). The Kier molecular flexibility index (Phi) is 44.9. The number of anilines is 6. The third kappa shape index (κ3) is 36.8. The second-order valence-electron chi connectivity index (χ2n) is 29.9. The molecule has 5 fully saturated rings. The molecule has 0 saturated carbocycles. The minimum atomic E-state index is -0.643. The molecule has 0 bridgehead atoms. The molecule has 5 aliphatic heterocycles. The summed E-state index contributed by atoms with van der Waals surface area (Å²) in [7, 11) is 6.13. The maximum atomic E-state index is 12.7. The number of allylic oxidation sites excluding steroid dienone is 1. The monoisotopic (exact) mass is 1970 g/mol. The molecular weight excluding hydrogens is 1870 g/mol. The molecule has 10 N–H and O–H groups in total. The number of benzene rings is 7. The second kappa shape index (κ2) is 56.1. The second-order valence-corrected chi connectivity index (χ2v) is 31.4. The number of nitro groups is 3. The van der Waals surface area contributed by atoms with Crippen molar-refractivity contribution < 1.29 is 105 Å². The molecule has 5 atom stereocenters. The fourth-order valence-electron chi connectivity index (χ4n) is 12.2. The highest BCUT2D eigenvalue weighted by Crippen LogP contribution is 2.35. The number of nitrogens with two attached hydrogens (primary N) is 3. The number of ketones is 2. The van der Waals surface area contributed by atoms with E-state index < -0.39 is 55.1 Å². The first-order valence-corrected chi connectivity index (χ1v) is 43.1. The first kappa shape index (κ1) is 110. The Morgan fingerprint density at radius 3 is 1.24 bits per heavy atom. The van der Waals surface area contributed by atoms with Crippen LogP contribution in [0.1, 0.15) is 86.7 Å². The van der Waals surface area contributed by atoms with Crippen LogP contribution in [-0.4, -0.2) is 221 Å². The average molecular weight is 1970 g/mol. The molecule has 7 aromatic carbocycles. The number of nitrogens with zero attached hydrogens (tertiary/aromatic N) is 9. The van der Waals surface area contributed by atoms with Gasteiger partial charge in [0.15, 0.2) is 0 Å². The van der Waals surface area contributed by atoms with E-state index in [2.05, 4.69) is 62.2 Å². The lowest BCUT2D eigenvalue weighted by molar-refractivity contribution is -0.385. The predicted octanol–water partition coefficient (Wildman–Crippen LogP) is 13.3. The zero-order valence-electron chi connectivity index (χ0n) is 74.7. The minimum absolute atomic E-state index is 0.0104. The van der Waals surface area contributed by atoms with Gasteiger partial charge in [-0.15, -0.1) is 0 Å². The average Bonchev–Trinajstić information content (AvgIpc) is 0.922. The molecule has 9 aromatic rings. The number of ether oxygens (including phenoxy) is 9. The van der Waals surface area contributed by atoms with Crippen LogP contribution >= 0.6 is 46.4 Å². The van der Waals surface area contributed by atoms with E-state index in [9.17, 15) is 73.1 Å². The third-order valence-corrected chi connectivity index (χ3v) is 20.2. The highest BCUT2D eigenvalue weighted by Gasteiger charge is 2.28.